The van der Waals surface area contributed by atoms with Crippen LogP contribution in [-0.4, -0.2) is 39.5 Å². The van der Waals surface area contributed by atoms with Gasteiger partial charge >= 0.3 is 5.69 Å². The molecule has 9 heteroatoms. The Morgan fingerprint density at radius 3 is 2.65 bits per heavy atom. The number of nitrogens with zero attached hydrogens (tertiary/aromatic N) is 3. The van der Waals surface area contributed by atoms with Gasteiger partial charge in [-0.05, 0) is 25.3 Å². The number of nitrogens with one attached hydrogen (secondary N) is 1. The molecule has 3 rings (SSSR count). The number of carbonyl (C=O) groups is 1. The van der Waals surface area contributed by atoms with Crippen LogP contribution >= 0.6 is 0 Å². The fourth-order valence-corrected chi connectivity index (χ4v) is 4.52. The Bertz CT molecular complexity index is 1120. The Kier molecular flexibility index (Phi) is 8.81. The Hall–Kier alpha value is -3.20. The maximum absolute atomic E-state index is 14.2. The van der Waals surface area contributed by atoms with Gasteiger partial charge in [-0.2, -0.15) is 0 Å². The molecule has 0 unspecified atom stereocenters. The first-order valence-corrected chi connectivity index (χ1v) is 11.9. The average Bonchev–Trinajstić information content (AvgIpc) is 3.32. The van der Waals surface area contributed by atoms with Crippen LogP contribution in [-0.2, 0) is 17.9 Å². The fourth-order valence-electron chi connectivity index (χ4n) is 4.52. The minimum absolute atomic E-state index is 0.00632. The highest BCUT2D eigenvalue weighted by molar-refractivity contribution is 5.97. The van der Waals surface area contributed by atoms with Crippen LogP contribution in [0.1, 0.15) is 51.0 Å². The van der Waals surface area contributed by atoms with Crippen LogP contribution in [0.3, 0.4) is 0 Å². The SMILES string of the molecule is C=CCN(CC(=O)N(c1c(N)n(CCCC)c(=O)[nH]c1=O)C1CCCC1)Cc1ccccc1F. The van der Waals surface area contributed by atoms with Gasteiger partial charge in [0, 0.05) is 31.2 Å². The van der Waals surface area contributed by atoms with Crippen LogP contribution in [0, 0.1) is 5.82 Å². The largest absolute Gasteiger partial charge is 0.383 e. The first-order valence-electron chi connectivity index (χ1n) is 11.9. The molecule has 1 aromatic heterocycles. The molecule has 2 aromatic rings. The highest BCUT2D eigenvalue weighted by Gasteiger charge is 2.33. The number of aromatic amines is 1. The standard InChI is InChI=1S/C25H34FN5O3/c1-3-5-15-30-23(27)22(24(33)28-25(30)34)31(19-11-7-8-12-19)21(32)17-29(14-4-2)16-18-10-6-9-13-20(18)26/h4,6,9-10,13,19H,2-3,5,7-8,11-12,14-17,27H2,1H3,(H,28,33,34). The molecule has 0 radical (unpaired) electrons. The first kappa shape index (κ1) is 25.4. The quantitative estimate of drug-likeness (QED) is 0.490. The van der Waals surface area contributed by atoms with Crippen molar-refractivity contribution in [3.8, 4) is 0 Å². The van der Waals surface area contributed by atoms with E-state index in [-0.39, 0.29) is 42.4 Å². The number of rotatable bonds is 11. The number of nitrogen functional groups attached to an aromatic ring is 1. The second-order valence-electron chi connectivity index (χ2n) is 8.75. The normalized spacial score (nSPS) is 14.0. The molecule has 1 fully saturated rings. The van der Waals surface area contributed by atoms with Gasteiger partial charge < -0.3 is 10.6 Å². The number of nitrogens with two attached hydrogens (primary N) is 1. The van der Waals surface area contributed by atoms with Gasteiger partial charge in [0.25, 0.3) is 5.56 Å². The van der Waals surface area contributed by atoms with Crippen LogP contribution in [0.2, 0.25) is 0 Å². The van der Waals surface area contributed by atoms with Gasteiger partial charge in [0.1, 0.15) is 11.6 Å². The van der Waals surface area contributed by atoms with Crippen molar-refractivity contribution in [3.63, 3.8) is 0 Å². The van der Waals surface area contributed by atoms with Gasteiger partial charge in [-0.25, -0.2) is 9.18 Å². The lowest BCUT2D eigenvalue weighted by atomic mass is 10.1. The third-order valence-corrected chi connectivity index (χ3v) is 6.25. The molecule has 34 heavy (non-hydrogen) atoms. The summed E-state index contributed by atoms with van der Waals surface area (Å²) in [6.45, 7) is 6.63. The summed E-state index contributed by atoms with van der Waals surface area (Å²) in [5.74, 6) is -0.657. The molecule has 184 valence electrons. The van der Waals surface area contributed by atoms with Crippen molar-refractivity contribution in [2.24, 2.45) is 0 Å². The molecule has 1 heterocycles. The number of amides is 1. The lowest BCUT2D eigenvalue weighted by Crippen LogP contribution is -2.49. The number of benzene rings is 1. The summed E-state index contributed by atoms with van der Waals surface area (Å²) < 4.78 is 15.6. The highest BCUT2D eigenvalue weighted by Crippen LogP contribution is 2.29. The van der Waals surface area contributed by atoms with E-state index in [2.05, 4.69) is 11.6 Å². The molecular formula is C25H34FN5O3. The predicted molar refractivity (Wildman–Crippen MR) is 132 cm³/mol. The highest BCUT2D eigenvalue weighted by atomic mass is 19.1. The third-order valence-electron chi connectivity index (χ3n) is 6.25. The Morgan fingerprint density at radius 1 is 1.29 bits per heavy atom. The minimum Gasteiger partial charge on any atom is -0.383 e. The number of hydrogen-bond donors (Lipinski definition) is 2. The molecule has 3 N–H and O–H groups in total. The smallest absolute Gasteiger partial charge is 0.330 e. The second kappa shape index (κ2) is 11.8. The van der Waals surface area contributed by atoms with Crippen molar-refractivity contribution in [1.29, 1.82) is 0 Å². The summed E-state index contributed by atoms with van der Waals surface area (Å²) in [4.78, 5) is 44.6. The zero-order valence-electron chi connectivity index (χ0n) is 19.8. The Labute approximate surface area is 198 Å². The summed E-state index contributed by atoms with van der Waals surface area (Å²) in [6, 6.07) is 6.24. The summed E-state index contributed by atoms with van der Waals surface area (Å²) in [5, 5.41) is 0. The van der Waals surface area contributed by atoms with E-state index >= 15 is 0 Å². The number of hydrogen-bond acceptors (Lipinski definition) is 5. The molecule has 0 saturated heterocycles. The minimum atomic E-state index is -0.667. The van der Waals surface area contributed by atoms with Crippen molar-refractivity contribution < 1.29 is 9.18 Å². The number of halogens is 1. The van der Waals surface area contributed by atoms with Crippen LogP contribution in [0.25, 0.3) is 0 Å². The van der Waals surface area contributed by atoms with E-state index < -0.39 is 11.2 Å². The van der Waals surface area contributed by atoms with Gasteiger partial charge in [0.2, 0.25) is 5.91 Å². The number of H-pyrrole nitrogens is 1. The van der Waals surface area contributed by atoms with E-state index in [1.807, 2.05) is 6.92 Å². The number of aromatic nitrogens is 2. The van der Waals surface area contributed by atoms with Crippen molar-refractivity contribution >= 4 is 17.4 Å². The maximum Gasteiger partial charge on any atom is 0.330 e. The molecular weight excluding hydrogens is 437 g/mol. The van der Waals surface area contributed by atoms with Crippen LogP contribution in [0.4, 0.5) is 15.9 Å². The molecule has 1 aliphatic carbocycles. The first-order chi connectivity index (χ1) is 16.4. The average molecular weight is 472 g/mol. The molecule has 0 aliphatic heterocycles. The zero-order chi connectivity index (χ0) is 24.7. The van der Waals surface area contributed by atoms with Crippen molar-refractivity contribution in [1.82, 2.24) is 14.5 Å². The lowest BCUT2D eigenvalue weighted by Gasteiger charge is -2.32. The maximum atomic E-state index is 14.2. The third kappa shape index (κ3) is 5.83. The summed E-state index contributed by atoms with van der Waals surface area (Å²) >= 11 is 0. The van der Waals surface area contributed by atoms with E-state index in [4.69, 9.17) is 5.73 Å². The van der Waals surface area contributed by atoms with Crippen molar-refractivity contribution in [2.75, 3.05) is 23.7 Å². The molecule has 0 spiro atoms. The van der Waals surface area contributed by atoms with E-state index in [9.17, 15) is 18.8 Å². The van der Waals surface area contributed by atoms with Gasteiger partial charge in [-0.3, -0.25) is 24.0 Å². The van der Waals surface area contributed by atoms with Gasteiger partial charge in [-0.15, -0.1) is 6.58 Å². The monoisotopic (exact) mass is 471 g/mol. The Morgan fingerprint density at radius 2 is 2.00 bits per heavy atom. The van der Waals surface area contributed by atoms with Crippen molar-refractivity contribution in [3.05, 3.63) is 69.1 Å². The van der Waals surface area contributed by atoms with Gasteiger partial charge in [-0.1, -0.05) is 50.5 Å². The van der Waals surface area contributed by atoms with Crippen LogP contribution < -0.4 is 21.9 Å². The second-order valence-corrected chi connectivity index (χ2v) is 8.75. The zero-order valence-corrected chi connectivity index (χ0v) is 19.8. The topological polar surface area (TPSA) is 104 Å². The molecule has 1 aliphatic rings. The van der Waals surface area contributed by atoms with E-state index in [1.165, 1.54) is 15.5 Å². The molecule has 8 nitrogen and oxygen atoms in total. The van der Waals surface area contributed by atoms with Gasteiger partial charge in [0.05, 0.1) is 6.54 Å². The molecule has 0 bridgehead atoms. The number of carbonyl (C=O) groups excluding carboxylic acids is 1. The summed E-state index contributed by atoms with van der Waals surface area (Å²) in [5.41, 5.74) is 5.58. The van der Waals surface area contributed by atoms with Gasteiger partial charge in [0.15, 0.2) is 5.69 Å². The fraction of sp³-hybridized carbons (Fsp3) is 0.480. The lowest BCUT2D eigenvalue weighted by molar-refractivity contribution is -0.120. The molecule has 1 saturated carbocycles. The van der Waals surface area contributed by atoms with Crippen LogP contribution in [0.5, 0.6) is 0 Å². The van der Waals surface area contributed by atoms with Crippen molar-refractivity contribution in [2.45, 2.75) is 64.6 Å². The molecule has 0 atom stereocenters. The summed E-state index contributed by atoms with van der Waals surface area (Å²) in [7, 11) is 0. The summed E-state index contributed by atoms with van der Waals surface area (Å²) in [6.07, 6.45) is 6.57. The molecule has 1 aromatic carbocycles. The van der Waals surface area contributed by atoms with E-state index in [1.54, 1.807) is 29.2 Å². The predicted octanol–water partition coefficient (Wildman–Crippen LogP) is 3.02. The Balaban J connectivity index is 1.97. The number of unbranched alkanes of at least 4 members (excludes halogenated alkanes) is 1. The number of anilines is 2. The van der Waals surface area contributed by atoms with E-state index in [0.29, 0.717) is 25.1 Å². The van der Waals surface area contributed by atoms with Crippen LogP contribution in [0.15, 0.2) is 46.5 Å². The molecule has 1 amide bonds. The van der Waals surface area contributed by atoms with E-state index in [0.717, 1.165) is 32.1 Å².